The number of hydrogen-bond donors (Lipinski definition) is 1. The number of nitrogens with zero attached hydrogens (tertiary/aromatic N) is 2. The second-order valence-electron chi connectivity index (χ2n) is 3.41. The Kier molecular flexibility index (Phi) is 5.48. The fraction of sp³-hybridized carbons (Fsp3) is 0.364. The van der Waals surface area contributed by atoms with Crippen molar-refractivity contribution in [3.63, 3.8) is 0 Å². The van der Waals surface area contributed by atoms with E-state index in [4.69, 9.17) is 0 Å². The smallest absolute Gasteiger partial charge is 0.287 e. The Balaban J connectivity index is 2.49. The van der Waals surface area contributed by atoms with Crippen LogP contribution in [0.3, 0.4) is 0 Å². The summed E-state index contributed by atoms with van der Waals surface area (Å²) in [4.78, 5) is 14.1. The minimum Gasteiger partial charge on any atom is -0.369 e. The van der Waals surface area contributed by atoms with Crippen molar-refractivity contribution >= 4 is 23.3 Å². The fourth-order valence-corrected chi connectivity index (χ4v) is 1.83. The Bertz CT molecular complexity index is 410. The molecule has 0 saturated heterocycles. The van der Waals surface area contributed by atoms with Crippen LogP contribution < -0.4 is 5.32 Å². The van der Waals surface area contributed by atoms with Crippen molar-refractivity contribution in [2.24, 2.45) is 0 Å². The standard InChI is InChI=1S/C11H15N3O2S/c1-3-5-17-6-4-12-11-9(2)7-10(8-13-11)14(15)16/h3,7-8H,1,4-6H2,2H3,(H,12,13). The molecule has 1 N–H and O–H groups in total. The lowest BCUT2D eigenvalue weighted by molar-refractivity contribution is -0.385. The first-order valence-electron chi connectivity index (χ1n) is 5.18. The quantitative estimate of drug-likeness (QED) is 0.350. The number of aryl methyl sites for hydroxylation is 1. The summed E-state index contributed by atoms with van der Waals surface area (Å²) >= 11 is 1.77. The normalized spacial score (nSPS) is 9.94. The van der Waals surface area contributed by atoms with E-state index in [9.17, 15) is 10.1 Å². The van der Waals surface area contributed by atoms with E-state index >= 15 is 0 Å². The summed E-state index contributed by atoms with van der Waals surface area (Å²) in [5, 5.41) is 13.7. The van der Waals surface area contributed by atoms with Crippen molar-refractivity contribution in [1.29, 1.82) is 0 Å². The highest BCUT2D eigenvalue weighted by atomic mass is 32.2. The number of nitro groups is 1. The lowest BCUT2D eigenvalue weighted by Gasteiger charge is -2.07. The molecule has 0 aliphatic rings. The molecule has 0 bridgehead atoms. The summed E-state index contributed by atoms with van der Waals surface area (Å²) in [5.74, 6) is 2.58. The Hall–Kier alpha value is -1.56. The molecule has 0 aliphatic heterocycles. The van der Waals surface area contributed by atoms with Crippen LogP contribution in [0.5, 0.6) is 0 Å². The maximum Gasteiger partial charge on any atom is 0.287 e. The molecule has 6 heteroatoms. The van der Waals surface area contributed by atoms with Gasteiger partial charge in [0.1, 0.15) is 12.0 Å². The highest BCUT2D eigenvalue weighted by molar-refractivity contribution is 7.99. The van der Waals surface area contributed by atoms with E-state index < -0.39 is 4.92 Å². The highest BCUT2D eigenvalue weighted by Crippen LogP contribution is 2.17. The predicted octanol–water partition coefficient (Wildman–Crippen LogP) is 2.63. The van der Waals surface area contributed by atoms with Gasteiger partial charge in [0.2, 0.25) is 0 Å². The zero-order valence-corrected chi connectivity index (χ0v) is 10.5. The van der Waals surface area contributed by atoms with Gasteiger partial charge in [-0.1, -0.05) is 6.08 Å². The number of hydrogen-bond acceptors (Lipinski definition) is 5. The van der Waals surface area contributed by atoms with E-state index in [2.05, 4.69) is 16.9 Å². The van der Waals surface area contributed by atoms with Crippen molar-refractivity contribution in [2.75, 3.05) is 23.4 Å². The van der Waals surface area contributed by atoms with Crippen LogP contribution in [0.2, 0.25) is 0 Å². The number of thioether (sulfide) groups is 1. The van der Waals surface area contributed by atoms with Crippen molar-refractivity contribution < 1.29 is 4.92 Å². The molecule has 0 spiro atoms. The van der Waals surface area contributed by atoms with Gasteiger partial charge >= 0.3 is 0 Å². The predicted molar refractivity (Wildman–Crippen MR) is 71.6 cm³/mol. The zero-order chi connectivity index (χ0) is 12.7. The third kappa shape index (κ3) is 4.44. The lowest BCUT2D eigenvalue weighted by atomic mass is 10.2. The van der Waals surface area contributed by atoms with Gasteiger partial charge in [-0.15, -0.1) is 6.58 Å². The number of pyridine rings is 1. The summed E-state index contributed by atoms with van der Waals surface area (Å²) in [5.41, 5.74) is 0.807. The average Bonchev–Trinajstić information content (AvgIpc) is 2.30. The third-order valence-corrected chi connectivity index (χ3v) is 3.01. The van der Waals surface area contributed by atoms with Crippen LogP contribution >= 0.6 is 11.8 Å². The van der Waals surface area contributed by atoms with Crippen LogP contribution in [0.25, 0.3) is 0 Å². The van der Waals surface area contributed by atoms with Crippen molar-refractivity contribution in [1.82, 2.24) is 4.98 Å². The summed E-state index contributed by atoms with van der Waals surface area (Å²) in [7, 11) is 0. The van der Waals surface area contributed by atoms with E-state index in [1.807, 2.05) is 6.08 Å². The Morgan fingerprint density at radius 2 is 2.47 bits per heavy atom. The molecule has 0 atom stereocenters. The molecule has 0 saturated carbocycles. The van der Waals surface area contributed by atoms with Crippen LogP contribution in [0.1, 0.15) is 5.56 Å². The first-order valence-corrected chi connectivity index (χ1v) is 6.34. The fourth-order valence-electron chi connectivity index (χ4n) is 1.25. The summed E-state index contributed by atoms with van der Waals surface area (Å²) in [6.45, 7) is 6.23. The highest BCUT2D eigenvalue weighted by Gasteiger charge is 2.08. The number of rotatable bonds is 7. The molecule has 0 radical (unpaired) electrons. The van der Waals surface area contributed by atoms with Gasteiger partial charge in [-0.25, -0.2) is 4.98 Å². The molecular weight excluding hydrogens is 238 g/mol. The summed E-state index contributed by atoms with van der Waals surface area (Å²) in [6, 6.07) is 1.52. The number of anilines is 1. The van der Waals surface area contributed by atoms with Crippen molar-refractivity contribution in [2.45, 2.75) is 6.92 Å². The maximum absolute atomic E-state index is 10.5. The van der Waals surface area contributed by atoms with Gasteiger partial charge in [0.05, 0.1) is 4.92 Å². The molecule has 1 heterocycles. The molecule has 1 aromatic rings. The molecule has 92 valence electrons. The second-order valence-corrected chi connectivity index (χ2v) is 4.56. The summed E-state index contributed by atoms with van der Waals surface area (Å²) < 4.78 is 0. The van der Waals surface area contributed by atoms with Crippen LogP contribution in [0.15, 0.2) is 24.9 Å². The van der Waals surface area contributed by atoms with Crippen LogP contribution in [-0.4, -0.2) is 28.0 Å². The minimum absolute atomic E-state index is 0.0223. The molecule has 0 fully saturated rings. The number of nitrogens with one attached hydrogen (secondary N) is 1. The monoisotopic (exact) mass is 253 g/mol. The van der Waals surface area contributed by atoms with Gasteiger partial charge in [-0.3, -0.25) is 10.1 Å². The van der Waals surface area contributed by atoms with E-state index in [-0.39, 0.29) is 5.69 Å². The summed E-state index contributed by atoms with van der Waals surface area (Å²) in [6.07, 6.45) is 3.13. The molecule has 0 amide bonds. The zero-order valence-electron chi connectivity index (χ0n) is 9.68. The van der Waals surface area contributed by atoms with E-state index in [1.54, 1.807) is 18.7 Å². The minimum atomic E-state index is -0.441. The van der Waals surface area contributed by atoms with E-state index in [0.717, 1.165) is 23.6 Å². The van der Waals surface area contributed by atoms with E-state index in [0.29, 0.717) is 5.82 Å². The lowest BCUT2D eigenvalue weighted by Crippen LogP contribution is -2.07. The Morgan fingerprint density at radius 1 is 1.71 bits per heavy atom. The third-order valence-electron chi connectivity index (χ3n) is 2.05. The average molecular weight is 253 g/mol. The van der Waals surface area contributed by atoms with Gasteiger partial charge in [-0.2, -0.15) is 11.8 Å². The second kappa shape index (κ2) is 6.90. The van der Waals surface area contributed by atoms with E-state index in [1.165, 1.54) is 12.3 Å². The molecule has 0 aromatic carbocycles. The van der Waals surface area contributed by atoms with Crippen LogP contribution in [0.4, 0.5) is 11.5 Å². The molecule has 17 heavy (non-hydrogen) atoms. The number of aromatic nitrogens is 1. The molecule has 0 aliphatic carbocycles. The molecule has 0 unspecified atom stereocenters. The van der Waals surface area contributed by atoms with Gasteiger partial charge in [0.15, 0.2) is 0 Å². The SMILES string of the molecule is C=CCSCCNc1ncc([N+](=O)[O-])cc1C. The molecule has 1 rings (SSSR count). The Labute approximate surface area is 104 Å². The van der Waals surface area contributed by atoms with Gasteiger partial charge in [-0.05, 0) is 12.5 Å². The van der Waals surface area contributed by atoms with Crippen LogP contribution in [0, 0.1) is 17.0 Å². The first-order chi connectivity index (χ1) is 8.15. The van der Waals surface area contributed by atoms with Gasteiger partial charge in [0, 0.05) is 24.1 Å². The Morgan fingerprint density at radius 3 is 3.06 bits per heavy atom. The van der Waals surface area contributed by atoms with Gasteiger partial charge in [0.25, 0.3) is 5.69 Å². The molecule has 1 aromatic heterocycles. The van der Waals surface area contributed by atoms with Crippen LogP contribution in [-0.2, 0) is 0 Å². The maximum atomic E-state index is 10.5. The largest absolute Gasteiger partial charge is 0.369 e. The van der Waals surface area contributed by atoms with Crippen molar-refractivity contribution in [3.8, 4) is 0 Å². The van der Waals surface area contributed by atoms with Gasteiger partial charge < -0.3 is 5.32 Å². The molecular formula is C11H15N3O2S. The first kappa shape index (κ1) is 13.5. The molecule has 5 nitrogen and oxygen atoms in total. The topological polar surface area (TPSA) is 68.1 Å². The van der Waals surface area contributed by atoms with Crippen molar-refractivity contribution in [3.05, 3.63) is 40.6 Å².